The lowest BCUT2D eigenvalue weighted by Gasteiger charge is -2.29. The van der Waals surface area contributed by atoms with Gasteiger partial charge in [0.25, 0.3) is 0 Å². The first-order valence-electron chi connectivity index (χ1n) is 11.4. The van der Waals surface area contributed by atoms with E-state index in [1.54, 1.807) is 12.2 Å². The first kappa shape index (κ1) is 25.5. The Bertz CT molecular complexity index is 989. The van der Waals surface area contributed by atoms with E-state index in [-0.39, 0.29) is 5.75 Å². The molecule has 0 aromatic heterocycles. The van der Waals surface area contributed by atoms with Crippen molar-refractivity contribution in [1.82, 2.24) is 10.2 Å². The van der Waals surface area contributed by atoms with Crippen LogP contribution in [0.2, 0.25) is 5.02 Å². The number of hydrogen-bond donors (Lipinski definition) is 2. The van der Waals surface area contributed by atoms with Crippen molar-refractivity contribution in [3.63, 3.8) is 0 Å². The fourth-order valence-corrected chi connectivity index (χ4v) is 5.43. The summed E-state index contributed by atoms with van der Waals surface area (Å²) in [4.78, 5) is 2.86. The Balaban J connectivity index is 1.38. The minimum atomic E-state index is -3.04. The Hall–Kier alpha value is -2.12. The van der Waals surface area contributed by atoms with Crippen molar-refractivity contribution in [2.75, 3.05) is 31.9 Å². The smallest absolute Gasteiger partial charge is 0.244 e. The summed E-state index contributed by atoms with van der Waals surface area (Å²) in [6.45, 7) is 10.1. The summed E-state index contributed by atoms with van der Waals surface area (Å²) in [6, 6.07) is 7.73. The molecule has 1 aliphatic carbocycles. The van der Waals surface area contributed by atoms with Crippen LogP contribution in [0.25, 0.3) is 0 Å². The quantitative estimate of drug-likeness (QED) is 0.180. The average molecular weight is 490 g/mol. The molecule has 0 radical (unpaired) electrons. The molecule has 0 spiro atoms. The highest BCUT2D eigenvalue weighted by atomic mass is 35.5. The molecule has 1 atom stereocenters. The molecule has 178 valence electrons. The third kappa shape index (κ3) is 8.31. The number of hydrogen-bond acceptors (Lipinski definition) is 4. The van der Waals surface area contributed by atoms with Gasteiger partial charge >= 0.3 is 0 Å². The maximum atomic E-state index is 12.8. The van der Waals surface area contributed by atoms with Crippen molar-refractivity contribution in [3.05, 3.63) is 93.9 Å². The number of piperazine rings is 1. The average Bonchev–Trinajstić information content (AvgIpc) is 3.28. The molecule has 1 unspecified atom stereocenters. The molecule has 5 nitrogen and oxygen atoms in total. The van der Waals surface area contributed by atoms with Gasteiger partial charge in [0.1, 0.15) is 17.3 Å². The van der Waals surface area contributed by atoms with Crippen LogP contribution in [0.4, 0.5) is 0 Å². The van der Waals surface area contributed by atoms with E-state index in [0.29, 0.717) is 29.3 Å². The lowest BCUT2D eigenvalue weighted by atomic mass is 10.1. The summed E-state index contributed by atoms with van der Waals surface area (Å²) in [5, 5.41) is 4.06. The van der Waals surface area contributed by atoms with Gasteiger partial charge in [-0.25, -0.2) is 0 Å². The van der Waals surface area contributed by atoms with Gasteiger partial charge < -0.3 is 15.0 Å². The Morgan fingerprint density at radius 1 is 1.24 bits per heavy atom. The van der Waals surface area contributed by atoms with Crippen LogP contribution in [0.1, 0.15) is 31.7 Å². The number of ether oxygens (including phenoxy) is 1. The van der Waals surface area contributed by atoms with Crippen molar-refractivity contribution in [3.8, 4) is 0 Å². The van der Waals surface area contributed by atoms with Crippen molar-refractivity contribution < 1.29 is 13.5 Å². The Labute approximate surface area is 203 Å². The van der Waals surface area contributed by atoms with E-state index in [2.05, 4.69) is 29.8 Å². The molecule has 1 aromatic carbocycles. The van der Waals surface area contributed by atoms with Crippen molar-refractivity contribution in [2.45, 2.75) is 32.6 Å². The fraction of sp³-hybridized carbons (Fsp3) is 0.385. The summed E-state index contributed by atoms with van der Waals surface area (Å²) in [5.74, 6) is 1.41. The molecule has 2 aliphatic rings. The first-order valence-corrected chi connectivity index (χ1v) is 13.5. The number of rotatable bonds is 11. The maximum absolute atomic E-state index is 12.8. The predicted octanol–water partition coefficient (Wildman–Crippen LogP) is 5.70. The van der Waals surface area contributed by atoms with Gasteiger partial charge in [0, 0.05) is 36.9 Å². The molecule has 0 bridgehead atoms. The fourth-order valence-electron chi connectivity index (χ4n) is 3.79. The standard InChI is InChI=1S/C26H33ClN2O3S/c1-21(29-17-15-28-16-18-29)6-5-7-22(2)32-25-13-14-26(20-25)33(30,31)19-4-3-8-23-9-11-24(27)12-10-23/h5-7,9-14,28H,2-4,8,15-20H2,1H3/p+1/b7-5-,21-6+. The summed E-state index contributed by atoms with van der Waals surface area (Å²) < 4.78 is 29.1. The highest BCUT2D eigenvalue weighted by Crippen LogP contribution is 2.30. The normalized spacial score (nSPS) is 18.8. The third-order valence-electron chi connectivity index (χ3n) is 5.76. The van der Waals surface area contributed by atoms with Crippen LogP contribution < -0.4 is 5.32 Å². The monoisotopic (exact) mass is 489 g/mol. The van der Waals surface area contributed by atoms with E-state index in [0.717, 1.165) is 44.0 Å². The molecule has 1 heterocycles. The lowest BCUT2D eigenvalue weighted by molar-refractivity contribution is 0.300. The molecule has 33 heavy (non-hydrogen) atoms. The SMILES string of the molecule is C=C(/C=C\C=C(/C)N1CCNCC1)OC1=CC=C([S+](=O)(O)CCCCc2ccc(Cl)cc2)C1. The number of benzene rings is 1. The van der Waals surface area contributed by atoms with Crippen LogP contribution in [0, 0.1) is 0 Å². The lowest BCUT2D eigenvalue weighted by Crippen LogP contribution is -2.42. The molecular weight excluding hydrogens is 456 g/mol. The predicted molar refractivity (Wildman–Crippen MR) is 138 cm³/mol. The van der Waals surface area contributed by atoms with E-state index < -0.39 is 10.2 Å². The van der Waals surface area contributed by atoms with Crippen LogP contribution in [-0.4, -0.2) is 41.4 Å². The number of halogens is 1. The largest absolute Gasteiger partial charge is 0.462 e. The molecule has 1 aromatic rings. The number of allylic oxidation sites excluding steroid dienone is 7. The molecule has 7 heteroatoms. The zero-order valence-corrected chi connectivity index (χ0v) is 20.8. The third-order valence-corrected chi connectivity index (χ3v) is 7.95. The minimum absolute atomic E-state index is 0.254. The maximum Gasteiger partial charge on any atom is 0.244 e. The summed E-state index contributed by atoms with van der Waals surface area (Å²) in [5.41, 5.74) is 2.39. The second kappa shape index (κ2) is 12.4. The van der Waals surface area contributed by atoms with Crippen LogP contribution in [0.3, 0.4) is 0 Å². The zero-order chi connectivity index (χ0) is 23.7. The van der Waals surface area contributed by atoms with Gasteiger partial charge in [-0.3, -0.25) is 0 Å². The van der Waals surface area contributed by atoms with Crippen molar-refractivity contribution >= 4 is 21.8 Å². The van der Waals surface area contributed by atoms with Gasteiger partial charge in [-0.2, -0.15) is 4.55 Å². The molecule has 1 aliphatic heterocycles. The van der Waals surface area contributed by atoms with Gasteiger partial charge in [0.05, 0.1) is 6.42 Å². The van der Waals surface area contributed by atoms with E-state index in [4.69, 9.17) is 16.3 Å². The van der Waals surface area contributed by atoms with Gasteiger partial charge in [-0.05, 0) is 68.2 Å². The van der Waals surface area contributed by atoms with E-state index in [1.165, 1.54) is 11.3 Å². The Kier molecular flexibility index (Phi) is 9.56. The van der Waals surface area contributed by atoms with Crippen LogP contribution >= 0.6 is 11.6 Å². The van der Waals surface area contributed by atoms with E-state index in [1.807, 2.05) is 36.4 Å². The van der Waals surface area contributed by atoms with Gasteiger partial charge in [-0.1, -0.05) is 40.6 Å². The van der Waals surface area contributed by atoms with E-state index >= 15 is 0 Å². The van der Waals surface area contributed by atoms with Crippen LogP contribution in [0.15, 0.2) is 83.3 Å². The zero-order valence-electron chi connectivity index (χ0n) is 19.3. The Morgan fingerprint density at radius 2 is 1.97 bits per heavy atom. The molecule has 1 fully saturated rings. The number of nitrogens with zero attached hydrogens (tertiary/aromatic N) is 1. The van der Waals surface area contributed by atoms with Crippen LogP contribution in [-0.2, 0) is 25.6 Å². The van der Waals surface area contributed by atoms with E-state index in [9.17, 15) is 8.76 Å². The molecule has 0 saturated carbocycles. The summed E-state index contributed by atoms with van der Waals surface area (Å²) in [6.07, 6.45) is 12.0. The van der Waals surface area contributed by atoms with Crippen molar-refractivity contribution in [1.29, 1.82) is 0 Å². The van der Waals surface area contributed by atoms with Gasteiger partial charge in [-0.15, -0.1) is 0 Å². The second-order valence-electron chi connectivity index (χ2n) is 8.34. The number of aryl methyl sites for hydroxylation is 1. The molecule has 1 saturated heterocycles. The van der Waals surface area contributed by atoms with Crippen LogP contribution in [0.5, 0.6) is 0 Å². The molecule has 3 rings (SSSR count). The number of nitrogens with one attached hydrogen (secondary N) is 1. The molecular formula is C26H34ClN2O3S+. The first-order chi connectivity index (χ1) is 15.8. The van der Waals surface area contributed by atoms with Gasteiger partial charge in [0.15, 0.2) is 4.91 Å². The Morgan fingerprint density at radius 3 is 2.70 bits per heavy atom. The summed E-state index contributed by atoms with van der Waals surface area (Å²) in [7, 11) is -3.04. The van der Waals surface area contributed by atoms with Gasteiger partial charge in [0.2, 0.25) is 10.2 Å². The number of unbranched alkanes of at least 4 members (excludes halogenated alkanes) is 1. The highest BCUT2D eigenvalue weighted by molar-refractivity contribution is 8.01. The molecule has 2 N–H and O–H groups in total. The highest BCUT2D eigenvalue weighted by Gasteiger charge is 2.34. The summed E-state index contributed by atoms with van der Waals surface area (Å²) >= 11 is 5.91. The topological polar surface area (TPSA) is 61.8 Å². The van der Waals surface area contributed by atoms with Crippen molar-refractivity contribution in [2.24, 2.45) is 0 Å². The minimum Gasteiger partial charge on any atom is -0.462 e. The second-order valence-corrected chi connectivity index (χ2v) is 11.0. The molecule has 0 amide bonds.